The third kappa shape index (κ3) is 4.20. The van der Waals surface area contributed by atoms with Crippen molar-refractivity contribution in [2.24, 2.45) is 5.73 Å². The van der Waals surface area contributed by atoms with Gasteiger partial charge >= 0.3 is 0 Å². The second-order valence-corrected chi connectivity index (χ2v) is 7.75. The summed E-state index contributed by atoms with van der Waals surface area (Å²) < 4.78 is 1.87. The van der Waals surface area contributed by atoms with E-state index < -0.39 is 0 Å². The van der Waals surface area contributed by atoms with Gasteiger partial charge in [-0.2, -0.15) is 5.26 Å². The number of amidine groups is 1. The summed E-state index contributed by atoms with van der Waals surface area (Å²) in [7, 11) is 0. The molecule has 4 N–H and O–H groups in total. The Morgan fingerprint density at radius 2 is 1.81 bits per heavy atom. The predicted molar refractivity (Wildman–Crippen MR) is 126 cm³/mol. The van der Waals surface area contributed by atoms with Crippen molar-refractivity contribution in [3.05, 3.63) is 106 Å². The van der Waals surface area contributed by atoms with Gasteiger partial charge in [0.05, 0.1) is 22.2 Å². The summed E-state index contributed by atoms with van der Waals surface area (Å²) in [5, 5.41) is 20.9. The molecule has 1 heterocycles. The SMILES string of the molecule is N#Cc1cccc(Cn2c(C(=O)NCc3cccc(C(=N)N)c3)c(Cl)c3ccccc32)c1. The molecule has 4 rings (SSSR count). The Bertz CT molecular complexity index is 1380. The Hall–Kier alpha value is -4.08. The fourth-order valence-electron chi connectivity index (χ4n) is 3.68. The number of carbonyl (C=O) groups excluding carboxylic acids is 1. The number of carbonyl (C=O) groups is 1. The molecule has 0 aliphatic heterocycles. The Morgan fingerprint density at radius 3 is 2.59 bits per heavy atom. The molecule has 0 aliphatic rings. The molecule has 3 aromatic carbocycles. The maximum atomic E-state index is 13.2. The standard InChI is InChI=1S/C25H20ClN5O/c26-22-20-9-1-2-10-21(20)31(15-18-7-3-5-16(11-18)13-27)23(22)25(32)30-14-17-6-4-8-19(12-17)24(28)29/h1-12H,14-15H2,(H3,28,29)(H,30,32). The Kier molecular flexibility index (Phi) is 5.93. The van der Waals surface area contributed by atoms with E-state index in [1.54, 1.807) is 30.3 Å². The summed E-state index contributed by atoms with van der Waals surface area (Å²) in [4.78, 5) is 13.2. The van der Waals surface area contributed by atoms with Crippen LogP contribution in [-0.2, 0) is 13.1 Å². The van der Waals surface area contributed by atoms with Gasteiger partial charge in [-0.05, 0) is 35.4 Å². The fraction of sp³-hybridized carbons (Fsp3) is 0.0800. The lowest BCUT2D eigenvalue weighted by atomic mass is 10.1. The number of nitrogens with two attached hydrogens (primary N) is 1. The van der Waals surface area contributed by atoms with E-state index in [9.17, 15) is 10.1 Å². The van der Waals surface area contributed by atoms with Crippen molar-refractivity contribution in [1.29, 1.82) is 10.7 Å². The van der Waals surface area contributed by atoms with Gasteiger partial charge in [0.2, 0.25) is 0 Å². The van der Waals surface area contributed by atoms with Crippen molar-refractivity contribution in [2.45, 2.75) is 13.1 Å². The van der Waals surface area contributed by atoms with Crippen molar-refractivity contribution in [1.82, 2.24) is 9.88 Å². The second-order valence-electron chi connectivity index (χ2n) is 7.37. The monoisotopic (exact) mass is 441 g/mol. The summed E-state index contributed by atoms with van der Waals surface area (Å²) in [6, 6.07) is 24.2. The lowest BCUT2D eigenvalue weighted by Gasteiger charge is -2.12. The summed E-state index contributed by atoms with van der Waals surface area (Å²) in [5.41, 5.74) is 9.63. The summed E-state index contributed by atoms with van der Waals surface area (Å²) in [5.74, 6) is -0.336. The molecule has 158 valence electrons. The smallest absolute Gasteiger partial charge is 0.269 e. The van der Waals surface area contributed by atoms with Gasteiger partial charge in [0.25, 0.3) is 5.91 Å². The van der Waals surface area contributed by atoms with E-state index >= 15 is 0 Å². The number of aromatic nitrogens is 1. The molecule has 0 spiro atoms. The highest BCUT2D eigenvalue weighted by Crippen LogP contribution is 2.31. The average Bonchev–Trinajstić information content (AvgIpc) is 3.09. The van der Waals surface area contributed by atoms with Crippen LogP contribution in [0.2, 0.25) is 5.02 Å². The van der Waals surface area contributed by atoms with E-state index in [1.165, 1.54) is 0 Å². The maximum absolute atomic E-state index is 13.2. The number of halogens is 1. The minimum atomic E-state index is -0.309. The molecule has 1 aromatic heterocycles. The maximum Gasteiger partial charge on any atom is 0.269 e. The van der Waals surface area contributed by atoms with Crippen LogP contribution in [0.1, 0.15) is 32.7 Å². The van der Waals surface area contributed by atoms with Crippen LogP contribution in [0.25, 0.3) is 10.9 Å². The zero-order chi connectivity index (χ0) is 22.7. The van der Waals surface area contributed by atoms with E-state index in [1.807, 2.05) is 47.0 Å². The second kappa shape index (κ2) is 8.96. The third-order valence-electron chi connectivity index (χ3n) is 5.21. The predicted octanol–water partition coefficient (Wildman–Crippen LogP) is 4.43. The topological polar surface area (TPSA) is 108 Å². The zero-order valence-corrected chi connectivity index (χ0v) is 17.9. The first-order chi connectivity index (χ1) is 15.5. The van der Waals surface area contributed by atoms with Gasteiger partial charge in [-0.15, -0.1) is 0 Å². The fourth-order valence-corrected chi connectivity index (χ4v) is 4.03. The Balaban J connectivity index is 1.68. The Morgan fingerprint density at radius 1 is 1.06 bits per heavy atom. The number of nitrogens with zero attached hydrogens (tertiary/aromatic N) is 2. The van der Waals surface area contributed by atoms with E-state index in [0.717, 1.165) is 22.0 Å². The largest absolute Gasteiger partial charge is 0.384 e. The number of para-hydroxylation sites is 1. The van der Waals surface area contributed by atoms with Gasteiger partial charge in [-0.1, -0.05) is 60.1 Å². The molecule has 0 fully saturated rings. The average molecular weight is 442 g/mol. The molecule has 4 aromatic rings. The molecule has 0 bridgehead atoms. The van der Waals surface area contributed by atoms with Crippen LogP contribution in [-0.4, -0.2) is 16.3 Å². The first-order valence-corrected chi connectivity index (χ1v) is 10.3. The van der Waals surface area contributed by atoms with Crippen molar-refractivity contribution >= 4 is 34.2 Å². The lowest BCUT2D eigenvalue weighted by Crippen LogP contribution is -2.26. The molecule has 32 heavy (non-hydrogen) atoms. The number of amides is 1. The van der Waals surface area contributed by atoms with Gasteiger partial charge in [-0.3, -0.25) is 10.2 Å². The van der Waals surface area contributed by atoms with Crippen LogP contribution < -0.4 is 11.1 Å². The highest BCUT2D eigenvalue weighted by Gasteiger charge is 2.21. The van der Waals surface area contributed by atoms with E-state index in [-0.39, 0.29) is 18.3 Å². The number of nitrogen functional groups attached to an aromatic ring is 1. The number of rotatable bonds is 6. The molecule has 0 radical (unpaired) electrons. The normalized spacial score (nSPS) is 10.6. The van der Waals surface area contributed by atoms with Crippen LogP contribution >= 0.6 is 11.6 Å². The number of hydrogen-bond donors (Lipinski definition) is 3. The van der Waals surface area contributed by atoms with E-state index in [2.05, 4.69) is 11.4 Å². The molecule has 0 atom stereocenters. The molecule has 0 unspecified atom stereocenters. The molecule has 0 saturated heterocycles. The number of hydrogen-bond acceptors (Lipinski definition) is 3. The van der Waals surface area contributed by atoms with Crippen molar-refractivity contribution in [3.63, 3.8) is 0 Å². The number of nitriles is 1. The minimum Gasteiger partial charge on any atom is -0.384 e. The van der Waals surface area contributed by atoms with Gasteiger partial charge in [-0.25, -0.2) is 0 Å². The Labute approximate surface area is 190 Å². The van der Waals surface area contributed by atoms with Gasteiger partial charge in [0.1, 0.15) is 11.5 Å². The van der Waals surface area contributed by atoms with Crippen LogP contribution in [0, 0.1) is 16.7 Å². The summed E-state index contributed by atoms with van der Waals surface area (Å²) >= 11 is 6.65. The highest BCUT2D eigenvalue weighted by molar-refractivity contribution is 6.38. The van der Waals surface area contributed by atoms with Gasteiger partial charge in [0, 0.05) is 24.0 Å². The van der Waals surface area contributed by atoms with Gasteiger partial charge < -0.3 is 15.6 Å². The van der Waals surface area contributed by atoms with Crippen LogP contribution in [0.3, 0.4) is 0 Å². The zero-order valence-electron chi connectivity index (χ0n) is 17.1. The van der Waals surface area contributed by atoms with Crippen molar-refractivity contribution in [3.8, 4) is 6.07 Å². The molecular weight excluding hydrogens is 422 g/mol. The number of benzene rings is 3. The van der Waals surface area contributed by atoms with E-state index in [0.29, 0.717) is 28.4 Å². The molecule has 0 saturated carbocycles. The quantitative estimate of drug-likeness (QED) is 0.304. The summed E-state index contributed by atoms with van der Waals surface area (Å²) in [6.45, 7) is 0.660. The molecule has 6 nitrogen and oxygen atoms in total. The number of fused-ring (bicyclic) bond motifs is 1. The van der Waals surface area contributed by atoms with Gasteiger partial charge in [0.15, 0.2) is 0 Å². The molecule has 0 aliphatic carbocycles. The van der Waals surface area contributed by atoms with Crippen molar-refractivity contribution < 1.29 is 4.79 Å². The highest BCUT2D eigenvalue weighted by atomic mass is 35.5. The first-order valence-electron chi connectivity index (χ1n) is 9.95. The molecule has 1 amide bonds. The van der Waals surface area contributed by atoms with E-state index in [4.69, 9.17) is 22.7 Å². The first kappa shape index (κ1) is 21.2. The molecular formula is C25H20ClN5O. The minimum absolute atomic E-state index is 0.0269. The van der Waals surface area contributed by atoms with Crippen LogP contribution in [0.5, 0.6) is 0 Å². The number of nitrogens with one attached hydrogen (secondary N) is 2. The van der Waals surface area contributed by atoms with Crippen LogP contribution in [0.15, 0.2) is 72.8 Å². The summed E-state index contributed by atoms with van der Waals surface area (Å²) in [6.07, 6.45) is 0. The lowest BCUT2D eigenvalue weighted by molar-refractivity contribution is 0.0942. The van der Waals surface area contributed by atoms with Crippen molar-refractivity contribution in [2.75, 3.05) is 0 Å². The van der Waals surface area contributed by atoms with Crippen LogP contribution in [0.4, 0.5) is 0 Å². The third-order valence-corrected chi connectivity index (χ3v) is 5.59. The molecule has 7 heteroatoms.